The zero-order valence-electron chi connectivity index (χ0n) is 24.2. The molecule has 1 fully saturated rings. The van der Waals surface area contributed by atoms with Crippen LogP contribution in [-0.4, -0.2) is 83.9 Å². The van der Waals surface area contributed by atoms with Gasteiger partial charge in [0.2, 0.25) is 23.6 Å². The zero-order chi connectivity index (χ0) is 30.5. The third-order valence-corrected chi connectivity index (χ3v) is 6.90. The molecule has 42 heavy (non-hydrogen) atoms. The van der Waals surface area contributed by atoms with Crippen molar-refractivity contribution in [1.29, 1.82) is 0 Å². The summed E-state index contributed by atoms with van der Waals surface area (Å²) in [6.07, 6.45) is -0.138. The van der Waals surface area contributed by atoms with Gasteiger partial charge in [0.25, 0.3) is 0 Å². The maximum atomic E-state index is 13.5. The molecule has 0 radical (unpaired) electrons. The third-order valence-electron chi connectivity index (χ3n) is 6.90. The van der Waals surface area contributed by atoms with Crippen LogP contribution < -0.4 is 21.3 Å². The first-order chi connectivity index (χ1) is 20.1. The van der Waals surface area contributed by atoms with Crippen molar-refractivity contribution < 1.29 is 29.1 Å². The molecule has 0 unspecified atom stereocenters. The number of nitrogens with one attached hydrogen (secondary N) is 4. The molecular weight excluding hydrogens is 538 g/mol. The predicted octanol–water partition coefficient (Wildman–Crippen LogP) is 0.879. The van der Waals surface area contributed by atoms with Gasteiger partial charge in [-0.3, -0.25) is 24.0 Å². The van der Waals surface area contributed by atoms with Gasteiger partial charge in [-0.25, -0.2) is 0 Å². The highest BCUT2D eigenvalue weighted by Crippen LogP contribution is 2.10. The van der Waals surface area contributed by atoms with Crippen molar-refractivity contribution in [2.24, 2.45) is 5.92 Å². The summed E-state index contributed by atoms with van der Waals surface area (Å²) >= 11 is 0. The number of nitrogens with zero attached hydrogens (tertiary/aromatic N) is 1. The molecule has 11 heteroatoms. The molecule has 4 amide bonds. The lowest BCUT2D eigenvalue weighted by Gasteiger charge is -2.32. The Hall–Kier alpha value is -4.25. The van der Waals surface area contributed by atoms with E-state index < -0.39 is 42.3 Å². The van der Waals surface area contributed by atoms with Crippen LogP contribution >= 0.6 is 0 Å². The van der Waals surface area contributed by atoms with Crippen LogP contribution in [0.3, 0.4) is 0 Å². The first-order valence-electron chi connectivity index (χ1n) is 14.3. The number of benzene rings is 2. The number of carboxylic acids is 1. The predicted molar refractivity (Wildman–Crippen MR) is 157 cm³/mol. The monoisotopic (exact) mass is 579 g/mol. The second-order valence-corrected chi connectivity index (χ2v) is 10.9. The molecule has 1 saturated heterocycles. The Morgan fingerprint density at radius 3 is 1.90 bits per heavy atom. The van der Waals surface area contributed by atoms with Gasteiger partial charge in [0, 0.05) is 32.6 Å². The highest BCUT2D eigenvalue weighted by Gasteiger charge is 2.33. The van der Waals surface area contributed by atoms with Gasteiger partial charge in [0.05, 0.1) is 12.8 Å². The van der Waals surface area contributed by atoms with Gasteiger partial charge in [-0.2, -0.15) is 0 Å². The molecule has 1 aliphatic heterocycles. The van der Waals surface area contributed by atoms with E-state index >= 15 is 0 Å². The fourth-order valence-electron chi connectivity index (χ4n) is 4.81. The first-order valence-corrected chi connectivity index (χ1v) is 14.3. The van der Waals surface area contributed by atoms with Crippen molar-refractivity contribution in [2.45, 2.75) is 57.7 Å². The smallest absolute Gasteiger partial charge is 0.305 e. The van der Waals surface area contributed by atoms with Gasteiger partial charge in [-0.05, 0) is 23.5 Å². The summed E-state index contributed by atoms with van der Waals surface area (Å²) in [4.78, 5) is 66.3. The van der Waals surface area contributed by atoms with Crippen molar-refractivity contribution in [3.63, 3.8) is 0 Å². The van der Waals surface area contributed by atoms with Gasteiger partial charge in [0.15, 0.2) is 0 Å². The summed E-state index contributed by atoms with van der Waals surface area (Å²) in [5, 5.41) is 20.7. The second kappa shape index (κ2) is 16.3. The fraction of sp³-hybridized carbons (Fsp3) is 0.452. The van der Waals surface area contributed by atoms with Crippen LogP contribution in [0.4, 0.5) is 0 Å². The average Bonchev–Trinajstić information content (AvgIpc) is 2.96. The topological polar surface area (TPSA) is 157 Å². The van der Waals surface area contributed by atoms with Gasteiger partial charge in [0.1, 0.15) is 18.1 Å². The SMILES string of the molecule is CC(C)C[C@H](NC(=O)Cc1ccccc1)C(=O)N[C@@H](CC(=O)O)C(=O)N[C@@H](Cc1ccccc1)C(=O)N1CCNCC1. The van der Waals surface area contributed by atoms with Crippen LogP contribution in [-0.2, 0) is 36.8 Å². The Morgan fingerprint density at radius 1 is 0.786 bits per heavy atom. The van der Waals surface area contributed by atoms with E-state index in [0.717, 1.165) is 11.1 Å². The standard InChI is InChI=1S/C31H41N5O6/c1-21(2)17-24(33-27(37)19-23-11-7-4-8-12-23)29(40)34-25(20-28(38)39)30(41)35-26(18-22-9-5-3-6-10-22)31(42)36-15-13-32-14-16-36/h3-12,21,24-26,32H,13-20H2,1-2H3,(H,33,37)(H,34,40)(H,35,41)(H,38,39)/t24-,25-,26-/m0/s1. The molecule has 1 aliphatic rings. The van der Waals surface area contributed by atoms with E-state index in [1.165, 1.54) is 0 Å². The summed E-state index contributed by atoms with van der Waals surface area (Å²) in [5.74, 6) is -3.37. The van der Waals surface area contributed by atoms with E-state index in [4.69, 9.17) is 0 Å². The number of rotatable bonds is 14. The molecule has 11 nitrogen and oxygen atoms in total. The van der Waals surface area contributed by atoms with Gasteiger partial charge >= 0.3 is 5.97 Å². The number of aliphatic carboxylic acids is 1. The molecule has 0 aromatic heterocycles. The molecule has 3 rings (SSSR count). The van der Waals surface area contributed by atoms with Crippen molar-refractivity contribution in [1.82, 2.24) is 26.2 Å². The Labute approximate surface area is 246 Å². The number of hydrogen-bond acceptors (Lipinski definition) is 6. The zero-order valence-corrected chi connectivity index (χ0v) is 24.2. The first kappa shape index (κ1) is 32.3. The molecule has 2 aromatic rings. The van der Waals surface area contributed by atoms with Crippen molar-refractivity contribution >= 4 is 29.6 Å². The van der Waals surface area contributed by atoms with E-state index in [2.05, 4.69) is 21.3 Å². The molecule has 0 aliphatic carbocycles. The van der Waals surface area contributed by atoms with Crippen LogP contribution in [0.15, 0.2) is 60.7 Å². The quantitative estimate of drug-likeness (QED) is 0.222. The maximum Gasteiger partial charge on any atom is 0.305 e. The summed E-state index contributed by atoms with van der Waals surface area (Å²) < 4.78 is 0. The lowest BCUT2D eigenvalue weighted by molar-refractivity contribution is -0.142. The summed E-state index contributed by atoms with van der Waals surface area (Å²) in [7, 11) is 0. The normalized spacial score (nSPS) is 15.3. The van der Waals surface area contributed by atoms with E-state index in [1.54, 1.807) is 17.0 Å². The summed E-state index contributed by atoms with van der Waals surface area (Å²) in [6.45, 7) is 6.00. The van der Waals surface area contributed by atoms with Crippen molar-refractivity contribution in [3.8, 4) is 0 Å². The van der Waals surface area contributed by atoms with Gasteiger partial charge in [-0.15, -0.1) is 0 Å². The number of amides is 4. The third kappa shape index (κ3) is 10.6. The number of hydrogen-bond donors (Lipinski definition) is 5. The molecule has 226 valence electrons. The van der Waals surface area contributed by atoms with Gasteiger partial charge in [-0.1, -0.05) is 74.5 Å². The minimum atomic E-state index is -1.45. The van der Waals surface area contributed by atoms with Crippen LogP contribution in [0.5, 0.6) is 0 Å². The van der Waals surface area contributed by atoms with Gasteiger partial charge < -0.3 is 31.3 Å². The minimum Gasteiger partial charge on any atom is -0.481 e. The van der Waals surface area contributed by atoms with E-state index in [9.17, 15) is 29.1 Å². The number of carbonyl (C=O) groups is 5. The van der Waals surface area contributed by atoms with E-state index in [0.29, 0.717) is 26.2 Å². The molecule has 0 spiro atoms. The molecular formula is C31H41N5O6. The molecule has 2 aromatic carbocycles. The Bertz CT molecular complexity index is 1200. The molecule has 1 heterocycles. The van der Waals surface area contributed by atoms with E-state index in [-0.39, 0.29) is 37.0 Å². The Morgan fingerprint density at radius 2 is 1.33 bits per heavy atom. The maximum absolute atomic E-state index is 13.5. The van der Waals surface area contributed by atoms with Crippen LogP contribution in [0.1, 0.15) is 37.8 Å². The van der Waals surface area contributed by atoms with Crippen molar-refractivity contribution in [2.75, 3.05) is 26.2 Å². The number of piperazine rings is 1. The summed E-state index contributed by atoms with van der Waals surface area (Å²) in [5.41, 5.74) is 1.60. The lowest BCUT2D eigenvalue weighted by atomic mass is 10.0. The largest absolute Gasteiger partial charge is 0.481 e. The average molecular weight is 580 g/mol. The lowest BCUT2D eigenvalue weighted by Crippen LogP contribution is -2.59. The molecule has 0 bridgehead atoms. The van der Waals surface area contributed by atoms with E-state index in [1.807, 2.05) is 62.4 Å². The Balaban J connectivity index is 1.74. The highest BCUT2D eigenvalue weighted by atomic mass is 16.4. The number of carbonyl (C=O) groups excluding carboxylic acids is 4. The van der Waals surface area contributed by atoms with Crippen molar-refractivity contribution in [3.05, 3.63) is 71.8 Å². The molecule has 3 atom stereocenters. The minimum absolute atomic E-state index is 0.0245. The summed E-state index contributed by atoms with van der Waals surface area (Å²) in [6, 6.07) is 14.9. The number of carboxylic acid groups (broad SMARTS) is 1. The Kier molecular flexibility index (Phi) is 12.5. The van der Waals surface area contributed by atoms with Crippen LogP contribution in [0.25, 0.3) is 0 Å². The van der Waals surface area contributed by atoms with Crippen LogP contribution in [0.2, 0.25) is 0 Å². The highest BCUT2D eigenvalue weighted by molar-refractivity contribution is 5.96. The molecule has 0 saturated carbocycles. The second-order valence-electron chi connectivity index (χ2n) is 10.9. The fourth-order valence-corrected chi connectivity index (χ4v) is 4.81. The molecule has 5 N–H and O–H groups in total. The van der Waals surface area contributed by atoms with Crippen LogP contribution in [0, 0.1) is 5.92 Å².